The Labute approximate surface area is 98.4 Å². The van der Waals surface area contributed by atoms with Crippen LogP contribution in [0.3, 0.4) is 0 Å². The number of fused-ring (bicyclic) bond motifs is 1. The second-order valence-corrected chi connectivity index (χ2v) is 4.22. The number of hydrogen-bond donors (Lipinski definition) is 0. The first-order valence-electron chi connectivity index (χ1n) is 5.30. The molecule has 0 aromatic carbocycles. The van der Waals surface area contributed by atoms with E-state index in [1.54, 1.807) is 6.20 Å². The summed E-state index contributed by atoms with van der Waals surface area (Å²) in [4.78, 5) is 2.29. The molecule has 0 radical (unpaired) electrons. The summed E-state index contributed by atoms with van der Waals surface area (Å²) in [5, 5.41) is 4.89. The molecule has 0 bridgehead atoms. The highest BCUT2D eigenvalue weighted by atomic mass is 35.5. The minimum absolute atomic E-state index is 0.688. The van der Waals surface area contributed by atoms with Crippen LogP contribution in [0.4, 0.5) is 5.69 Å². The molecule has 0 aliphatic carbocycles. The van der Waals surface area contributed by atoms with Crippen LogP contribution in [0.25, 0.3) is 5.52 Å². The second kappa shape index (κ2) is 3.96. The fraction of sp³-hybridized carbons (Fsp3) is 0.364. The summed E-state index contributed by atoms with van der Waals surface area (Å²) in [5.41, 5.74) is 2.11. The highest BCUT2D eigenvalue weighted by molar-refractivity contribution is 6.33. The zero-order valence-electron chi connectivity index (χ0n) is 8.77. The van der Waals surface area contributed by atoms with Gasteiger partial charge in [0.1, 0.15) is 0 Å². The van der Waals surface area contributed by atoms with Crippen LogP contribution in [0.5, 0.6) is 0 Å². The Balaban J connectivity index is 1.97. The number of aromatic nitrogens is 2. The van der Waals surface area contributed by atoms with E-state index in [0.29, 0.717) is 5.02 Å². The van der Waals surface area contributed by atoms with Crippen LogP contribution in [-0.2, 0) is 4.74 Å². The molecular weight excluding hydrogens is 226 g/mol. The zero-order valence-corrected chi connectivity index (χ0v) is 9.52. The average Bonchev–Trinajstić information content (AvgIpc) is 2.72. The summed E-state index contributed by atoms with van der Waals surface area (Å²) in [6.45, 7) is 3.44. The quantitative estimate of drug-likeness (QED) is 0.758. The van der Waals surface area contributed by atoms with Crippen LogP contribution in [0.2, 0.25) is 5.02 Å². The van der Waals surface area contributed by atoms with Crippen molar-refractivity contribution in [1.29, 1.82) is 0 Å². The van der Waals surface area contributed by atoms with E-state index < -0.39 is 0 Å². The minimum atomic E-state index is 0.688. The van der Waals surface area contributed by atoms with Crippen LogP contribution < -0.4 is 4.90 Å². The Morgan fingerprint density at radius 3 is 2.88 bits per heavy atom. The third-order valence-electron chi connectivity index (χ3n) is 2.83. The summed E-state index contributed by atoms with van der Waals surface area (Å²) in [7, 11) is 0. The Morgan fingerprint density at radius 2 is 2.06 bits per heavy atom. The predicted molar refractivity (Wildman–Crippen MR) is 63.2 cm³/mol. The third kappa shape index (κ3) is 1.64. The molecule has 3 rings (SSSR count). The zero-order chi connectivity index (χ0) is 11.0. The number of halogens is 1. The summed E-state index contributed by atoms with van der Waals surface area (Å²) < 4.78 is 7.14. The van der Waals surface area contributed by atoms with Crippen molar-refractivity contribution in [2.75, 3.05) is 31.2 Å². The first-order valence-corrected chi connectivity index (χ1v) is 5.68. The Morgan fingerprint density at radius 1 is 1.25 bits per heavy atom. The van der Waals surface area contributed by atoms with Gasteiger partial charge in [-0.2, -0.15) is 5.10 Å². The van der Waals surface area contributed by atoms with Gasteiger partial charge in [0.05, 0.1) is 41.8 Å². The summed E-state index contributed by atoms with van der Waals surface area (Å²) in [6, 6.07) is 4.08. The van der Waals surface area contributed by atoms with Gasteiger partial charge >= 0.3 is 0 Å². The molecule has 0 unspecified atom stereocenters. The summed E-state index contributed by atoms with van der Waals surface area (Å²) >= 11 is 5.99. The fourth-order valence-electron chi connectivity index (χ4n) is 1.95. The normalized spacial score (nSPS) is 16.9. The molecular formula is C11H12ClN3O. The van der Waals surface area contributed by atoms with Crippen LogP contribution >= 0.6 is 11.6 Å². The van der Waals surface area contributed by atoms with Gasteiger partial charge in [0.15, 0.2) is 0 Å². The molecule has 0 saturated carbocycles. The minimum Gasteiger partial charge on any atom is -0.378 e. The number of pyridine rings is 1. The number of hydrogen-bond acceptors (Lipinski definition) is 3. The van der Waals surface area contributed by atoms with Gasteiger partial charge in [0, 0.05) is 13.1 Å². The van der Waals surface area contributed by atoms with Crippen molar-refractivity contribution < 1.29 is 4.74 Å². The molecule has 2 aromatic heterocycles. The first-order chi connectivity index (χ1) is 7.84. The van der Waals surface area contributed by atoms with E-state index in [9.17, 15) is 0 Å². The summed E-state index contributed by atoms with van der Waals surface area (Å²) in [6.07, 6.45) is 3.67. The maximum absolute atomic E-state index is 5.99. The average molecular weight is 238 g/mol. The van der Waals surface area contributed by atoms with Crippen molar-refractivity contribution in [2.45, 2.75) is 0 Å². The lowest BCUT2D eigenvalue weighted by Gasteiger charge is -2.28. The molecule has 4 nitrogen and oxygen atoms in total. The van der Waals surface area contributed by atoms with Gasteiger partial charge in [-0.15, -0.1) is 0 Å². The molecule has 0 N–H and O–H groups in total. The van der Waals surface area contributed by atoms with Gasteiger partial charge in [-0.05, 0) is 12.1 Å². The van der Waals surface area contributed by atoms with Crippen molar-refractivity contribution in [3.8, 4) is 0 Å². The van der Waals surface area contributed by atoms with Gasteiger partial charge in [-0.3, -0.25) is 0 Å². The number of ether oxygens (including phenoxy) is 1. The monoisotopic (exact) mass is 237 g/mol. The van der Waals surface area contributed by atoms with Gasteiger partial charge in [-0.1, -0.05) is 11.6 Å². The smallest absolute Gasteiger partial charge is 0.0864 e. The molecule has 2 aromatic rings. The number of nitrogens with zero attached hydrogens (tertiary/aromatic N) is 3. The van der Waals surface area contributed by atoms with Crippen LogP contribution in [0, 0.1) is 0 Å². The maximum atomic E-state index is 5.99. The highest BCUT2D eigenvalue weighted by Crippen LogP contribution is 2.21. The second-order valence-electron chi connectivity index (χ2n) is 3.81. The number of anilines is 1. The van der Waals surface area contributed by atoms with Crippen molar-refractivity contribution in [1.82, 2.24) is 9.61 Å². The molecule has 0 atom stereocenters. The number of morpholine rings is 1. The molecule has 1 aliphatic heterocycles. The van der Waals surface area contributed by atoms with E-state index in [1.807, 2.05) is 16.8 Å². The van der Waals surface area contributed by atoms with Crippen LogP contribution in [0.15, 0.2) is 24.5 Å². The molecule has 5 heteroatoms. The van der Waals surface area contributed by atoms with Gasteiger partial charge in [0.25, 0.3) is 0 Å². The number of rotatable bonds is 1. The van der Waals surface area contributed by atoms with Crippen molar-refractivity contribution in [3.63, 3.8) is 0 Å². The standard InChI is InChI=1S/C11H12ClN3O/c12-10-7-13-15-8-9(1-2-11(10)15)14-3-5-16-6-4-14/h1-2,7-8H,3-6H2. The lowest BCUT2D eigenvalue weighted by Crippen LogP contribution is -2.36. The molecule has 0 spiro atoms. The van der Waals surface area contributed by atoms with Gasteiger partial charge < -0.3 is 9.64 Å². The van der Waals surface area contributed by atoms with E-state index in [1.165, 1.54) is 0 Å². The lowest BCUT2D eigenvalue weighted by atomic mass is 10.3. The highest BCUT2D eigenvalue weighted by Gasteiger charge is 2.12. The Bertz CT molecular complexity index is 505. The van der Waals surface area contributed by atoms with Crippen molar-refractivity contribution in [3.05, 3.63) is 29.5 Å². The van der Waals surface area contributed by atoms with Crippen molar-refractivity contribution >= 4 is 22.8 Å². The SMILES string of the molecule is Clc1cnn2cc(N3CCOCC3)ccc12. The first kappa shape index (κ1) is 9.93. The maximum Gasteiger partial charge on any atom is 0.0864 e. The molecule has 3 heterocycles. The molecule has 0 amide bonds. The topological polar surface area (TPSA) is 29.8 Å². The fourth-order valence-corrected chi connectivity index (χ4v) is 2.14. The molecule has 16 heavy (non-hydrogen) atoms. The largest absolute Gasteiger partial charge is 0.378 e. The van der Waals surface area contributed by atoms with E-state index >= 15 is 0 Å². The van der Waals surface area contributed by atoms with E-state index in [-0.39, 0.29) is 0 Å². The van der Waals surface area contributed by atoms with E-state index in [4.69, 9.17) is 16.3 Å². The van der Waals surface area contributed by atoms with E-state index in [0.717, 1.165) is 37.5 Å². The van der Waals surface area contributed by atoms with Gasteiger partial charge in [0.2, 0.25) is 0 Å². The molecule has 84 valence electrons. The summed E-state index contributed by atoms with van der Waals surface area (Å²) in [5.74, 6) is 0. The van der Waals surface area contributed by atoms with Crippen molar-refractivity contribution in [2.24, 2.45) is 0 Å². The Hall–Kier alpha value is -1.26. The van der Waals surface area contributed by atoms with Crippen LogP contribution in [0.1, 0.15) is 0 Å². The molecule has 1 aliphatic rings. The Kier molecular flexibility index (Phi) is 2.46. The van der Waals surface area contributed by atoms with E-state index in [2.05, 4.69) is 16.1 Å². The predicted octanol–water partition coefficient (Wildman–Crippen LogP) is 1.82. The van der Waals surface area contributed by atoms with Crippen LogP contribution in [-0.4, -0.2) is 35.9 Å². The molecule has 1 fully saturated rings. The van der Waals surface area contributed by atoms with Gasteiger partial charge in [-0.25, -0.2) is 4.52 Å². The molecule has 1 saturated heterocycles. The lowest BCUT2D eigenvalue weighted by molar-refractivity contribution is 0.122. The third-order valence-corrected chi connectivity index (χ3v) is 3.12.